The van der Waals surface area contributed by atoms with Crippen molar-refractivity contribution < 1.29 is 28.6 Å². The first-order chi connectivity index (χ1) is 17.7. The lowest BCUT2D eigenvalue weighted by Gasteiger charge is -2.35. The molecule has 2 aromatic rings. The molecule has 1 aliphatic heterocycles. The Labute approximate surface area is 217 Å². The maximum Gasteiger partial charge on any atom is 0.410 e. The van der Waals surface area contributed by atoms with E-state index < -0.39 is 17.8 Å². The monoisotopic (exact) mass is 514 g/mol. The molecule has 2 fully saturated rings. The molecule has 0 bridgehead atoms. The molecule has 1 unspecified atom stereocenters. The zero-order valence-corrected chi connectivity index (χ0v) is 22.2. The van der Waals surface area contributed by atoms with E-state index in [-0.39, 0.29) is 37.6 Å². The molecule has 3 amide bonds. The van der Waals surface area contributed by atoms with Crippen molar-refractivity contribution in [2.24, 2.45) is 0 Å². The second-order valence-electron chi connectivity index (χ2n) is 10.6. The topological polar surface area (TPSA) is 102 Å². The van der Waals surface area contributed by atoms with Crippen LogP contribution in [-0.2, 0) is 36.9 Å². The van der Waals surface area contributed by atoms with Gasteiger partial charge in [-0.3, -0.25) is 9.59 Å². The predicted octanol–water partition coefficient (Wildman–Crippen LogP) is 2.53. The molecule has 1 saturated carbocycles. The van der Waals surface area contributed by atoms with E-state index in [2.05, 4.69) is 5.32 Å². The number of amides is 3. The van der Waals surface area contributed by atoms with Gasteiger partial charge in [-0.05, 0) is 45.2 Å². The largest absolute Gasteiger partial charge is 0.444 e. The molecule has 1 aromatic heterocycles. The van der Waals surface area contributed by atoms with Gasteiger partial charge in [0, 0.05) is 49.9 Å². The molecular weight excluding hydrogens is 476 g/mol. The molecule has 1 aromatic carbocycles. The molecule has 2 aliphatic rings. The molecule has 0 spiro atoms. The number of aromatic nitrogens is 1. The van der Waals surface area contributed by atoms with Gasteiger partial charge >= 0.3 is 6.09 Å². The molecule has 0 radical (unpaired) electrons. The third-order valence-corrected chi connectivity index (χ3v) is 6.42. The van der Waals surface area contributed by atoms with E-state index in [0.717, 1.165) is 29.3 Å². The summed E-state index contributed by atoms with van der Waals surface area (Å²) in [6.07, 6.45) is 2.67. The summed E-state index contributed by atoms with van der Waals surface area (Å²) in [7, 11) is 1.60. The van der Waals surface area contributed by atoms with Crippen LogP contribution in [0.25, 0.3) is 10.9 Å². The number of fused-ring (bicyclic) bond motifs is 1. The van der Waals surface area contributed by atoms with Crippen LogP contribution in [0.1, 0.15) is 39.2 Å². The molecule has 4 rings (SSSR count). The molecular formula is C27H38N4O6. The number of hydrogen-bond donors (Lipinski definition) is 1. The Morgan fingerprint density at radius 1 is 1.19 bits per heavy atom. The number of methoxy groups -OCH3 is 1. The van der Waals surface area contributed by atoms with Crippen molar-refractivity contribution in [1.29, 1.82) is 0 Å². The maximum atomic E-state index is 13.6. The minimum absolute atomic E-state index is 0.0997. The minimum atomic E-state index is -0.734. The number of hydrogen-bond acceptors (Lipinski definition) is 6. The van der Waals surface area contributed by atoms with Gasteiger partial charge in [-0.2, -0.15) is 0 Å². The van der Waals surface area contributed by atoms with Crippen LogP contribution in [-0.4, -0.2) is 90.0 Å². The SMILES string of the molecule is COCCNC(=O)Cn1cc(CN(C(=O)C2CN(C(=O)OC(C)(C)C)CCO2)C2CC2)c2ccccc21. The first kappa shape index (κ1) is 26.9. The van der Waals surface area contributed by atoms with Gasteiger partial charge in [0.25, 0.3) is 5.91 Å². The van der Waals surface area contributed by atoms with Gasteiger partial charge in [-0.15, -0.1) is 0 Å². The molecule has 10 nitrogen and oxygen atoms in total. The summed E-state index contributed by atoms with van der Waals surface area (Å²) >= 11 is 0. The second kappa shape index (κ2) is 11.5. The first-order valence-corrected chi connectivity index (χ1v) is 12.9. The molecule has 1 N–H and O–H groups in total. The number of carbonyl (C=O) groups is 3. The number of benzene rings is 1. The van der Waals surface area contributed by atoms with Crippen molar-refractivity contribution in [3.8, 4) is 0 Å². The molecule has 37 heavy (non-hydrogen) atoms. The number of para-hydroxylation sites is 1. The number of ether oxygens (including phenoxy) is 3. The third kappa shape index (κ3) is 7.01. The summed E-state index contributed by atoms with van der Waals surface area (Å²) in [6.45, 7) is 7.80. The van der Waals surface area contributed by atoms with Crippen LogP contribution in [0.4, 0.5) is 4.79 Å². The lowest BCUT2D eigenvalue weighted by Crippen LogP contribution is -2.53. The summed E-state index contributed by atoms with van der Waals surface area (Å²) in [5.74, 6) is -0.220. The van der Waals surface area contributed by atoms with Crippen LogP contribution in [0.5, 0.6) is 0 Å². The van der Waals surface area contributed by atoms with Gasteiger partial charge in [0.05, 0.1) is 19.8 Å². The Morgan fingerprint density at radius 3 is 2.65 bits per heavy atom. The van der Waals surface area contributed by atoms with Crippen LogP contribution in [0.3, 0.4) is 0 Å². The van der Waals surface area contributed by atoms with Gasteiger partial charge in [0.15, 0.2) is 6.10 Å². The maximum absolute atomic E-state index is 13.6. The van der Waals surface area contributed by atoms with Crippen molar-refractivity contribution >= 4 is 28.8 Å². The van der Waals surface area contributed by atoms with Crippen LogP contribution in [0.2, 0.25) is 0 Å². The predicted molar refractivity (Wildman–Crippen MR) is 138 cm³/mol. The van der Waals surface area contributed by atoms with Crippen LogP contribution < -0.4 is 5.32 Å². The Morgan fingerprint density at radius 2 is 1.95 bits per heavy atom. The van der Waals surface area contributed by atoms with Crippen molar-refractivity contribution in [1.82, 2.24) is 19.7 Å². The Hall–Kier alpha value is -3.11. The van der Waals surface area contributed by atoms with E-state index in [9.17, 15) is 14.4 Å². The first-order valence-electron chi connectivity index (χ1n) is 12.9. The average Bonchev–Trinajstić information content (AvgIpc) is 3.65. The lowest BCUT2D eigenvalue weighted by molar-refractivity contribution is -0.150. The zero-order valence-electron chi connectivity index (χ0n) is 22.2. The molecule has 10 heteroatoms. The van der Waals surface area contributed by atoms with Crippen molar-refractivity contribution in [3.05, 3.63) is 36.0 Å². The van der Waals surface area contributed by atoms with E-state index in [4.69, 9.17) is 14.2 Å². The number of rotatable bonds is 9. The van der Waals surface area contributed by atoms with E-state index in [1.807, 2.05) is 60.7 Å². The highest BCUT2D eigenvalue weighted by Gasteiger charge is 2.39. The normalized spacial score (nSPS) is 18.1. The highest BCUT2D eigenvalue weighted by atomic mass is 16.6. The van der Waals surface area contributed by atoms with Gasteiger partial charge in [0.2, 0.25) is 5.91 Å². The second-order valence-corrected chi connectivity index (χ2v) is 10.6. The van der Waals surface area contributed by atoms with Gasteiger partial charge in [-0.25, -0.2) is 4.79 Å². The van der Waals surface area contributed by atoms with Crippen molar-refractivity contribution in [2.45, 2.75) is 64.4 Å². The summed E-state index contributed by atoms with van der Waals surface area (Å²) in [6, 6.07) is 8.04. The molecule has 1 atom stereocenters. The number of nitrogens with zero attached hydrogens (tertiary/aromatic N) is 3. The van der Waals surface area contributed by atoms with Crippen LogP contribution >= 0.6 is 0 Å². The van der Waals surface area contributed by atoms with Gasteiger partial charge < -0.3 is 33.9 Å². The van der Waals surface area contributed by atoms with Crippen molar-refractivity contribution in [2.75, 3.05) is 40.0 Å². The molecule has 1 saturated heterocycles. The minimum Gasteiger partial charge on any atom is -0.444 e. The number of carbonyl (C=O) groups excluding carboxylic acids is 3. The summed E-state index contributed by atoms with van der Waals surface area (Å²) in [4.78, 5) is 42.1. The Bertz CT molecular complexity index is 1120. The molecule has 2 heterocycles. The van der Waals surface area contributed by atoms with E-state index in [0.29, 0.717) is 26.2 Å². The highest BCUT2D eigenvalue weighted by Crippen LogP contribution is 2.32. The van der Waals surface area contributed by atoms with E-state index >= 15 is 0 Å². The van der Waals surface area contributed by atoms with E-state index in [1.165, 1.54) is 0 Å². The fraction of sp³-hybridized carbons (Fsp3) is 0.593. The summed E-state index contributed by atoms with van der Waals surface area (Å²) < 4.78 is 18.3. The molecule has 202 valence electrons. The number of morpholine rings is 1. The van der Waals surface area contributed by atoms with Crippen LogP contribution in [0, 0.1) is 0 Å². The lowest BCUT2D eigenvalue weighted by atomic mass is 10.1. The molecule has 1 aliphatic carbocycles. The zero-order chi connectivity index (χ0) is 26.6. The van der Waals surface area contributed by atoms with Gasteiger partial charge in [-0.1, -0.05) is 18.2 Å². The van der Waals surface area contributed by atoms with Crippen molar-refractivity contribution in [3.63, 3.8) is 0 Å². The fourth-order valence-corrected chi connectivity index (χ4v) is 4.52. The third-order valence-electron chi connectivity index (χ3n) is 6.42. The van der Waals surface area contributed by atoms with Crippen LogP contribution in [0.15, 0.2) is 30.5 Å². The smallest absolute Gasteiger partial charge is 0.410 e. The average molecular weight is 515 g/mol. The Kier molecular flexibility index (Phi) is 8.39. The summed E-state index contributed by atoms with van der Waals surface area (Å²) in [5.41, 5.74) is 1.30. The fourth-order valence-electron chi connectivity index (χ4n) is 4.52. The highest BCUT2D eigenvalue weighted by molar-refractivity contribution is 5.87. The summed E-state index contributed by atoms with van der Waals surface area (Å²) in [5, 5.41) is 3.86. The number of nitrogens with one attached hydrogen (secondary N) is 1. The van der Waals surface area contributed by atoms with Gasteiger partial charge in [0.1, 0.15) is 12.1 Å². The Balaban J connectivity index is 1.48. The van der Waals surface area contributed by atoms with E-state index in [1.54, 1.807) is 12.0 Å². The quantitative estimate of drug-likeness (QED) is 0.516. The standard InChI is InChI=1S/C27H38N4O6/c1-27(2,3)37-26(34)29-12-14-36-23(17-29)25(33)31(20-9-10-20)16-19-15-30(18-24(32)28-11-13-35-4)22-8-6-5-7-21(19)22/h5-8,15,20,23H,9-14,16-18H2,1-4H3,(H,28,32).